The van der Waals surface area contributed by atoms with E-state index in [0.29, 0.717) is 44.7 Å². The average molecular weight is 611 g/mol. The first-order chi connectivity index (χ1) is 21.6. The molecule has 0 bridgehead atoms. The third-order valence-electron chi connectivity index (χ3n) is 7.21. The zero-order valence-electron chi connectivity index (χ0n) is 22.9. The van der Waals surface area contributed by atoms with Gasteiger partial charge in [-0.05, 0) is 72.8 Å². The van der Waals surface area contributed by atoms with Crippen molar-refractivity contribution in [1.29, 1.82) is 0 Å². The molecule has 0 aliphatic heterocycles. The van der Waals surface area contributed by atoms with E-state index in [1.54, 1.807) is 9.36 Å². The Labute approximate surface area is 261 Å². The van der Waals surface area contributed by atoms with Gasteiger partial charge in [0.1, 0.15) is 11.4 Å². The number of rotatable bonds is 5. The third kappa shape index (κ3) is 4.76. The fourth-order valence-corrected chi connectivity index (χ4v) is 5.29. The summed E-state index contributed by atoms with van der Waals surface area (Å²) in [6.45, 7) is 0. The minimum atomic E-state index is 0.441. The van der Waals surface area contributed by atoms with Gasteiger partial charge < -0.3 is 0 Å². The highest BCUT2D eigenvalue weighted by molar-refractivity contribution is 6.30. The van der Waals surface area contributed by atoms with Crippen LogP contribution < -0.4 is 0 Å². The Morgan fingerprint density at radius 2 is 0.818 bits per heavy atom. The Balaban J connectivity index is 1.36. The Morgan fingerprint density at radius 3 is 1.25 bits per heavy atom. The standard InChI is InChI=1S/C34H20Cl2N8/c35-23-11-15-25(16-12-23)43-33(39-31(41-43)29-19-9-21-5-1-3-7-27(21)37-29)34-40-32(42-44(34)26-17-13-24(36)14-18-26)30-20-10-22-6-2-4-8-28(22)38-30/h1-20H. The smallest absolute Gasteiger partial charge is 0.201 e. The summed E-state index contributed by atoms with van der Waals surface area (Å²) in [6.07, 6.45) is 0. The van der Waals surface area contributed by atoms with Crippen molar-refractivity contribution in [2.24, 2.45) is 0 Å². The van der Waals surface area contributed by atoms with Gasteiger partial charge in [-0.3, -0.25) is 0 Å². The molecule has 8 rings (SSSR count). The van der Waals surface area contributed by atoms with Crippen LogP contribution in [0.1, 0.15) is 0 Å². The lowest BCUT2D eigenvalue weighted by atomic mass is 10.2. The van der Waals surface area contributed by atoms with Crippen molar-refractivity contribution in [3.63, 3.8) is 0 Å². The zero-order valence-corrected chi connectivity index (χ0v) is 24.4. The van der Waals surface area contributed by atoms with Crippen LogP contribution in [0.3, 0.4) is 0 Å². The molecular formula is C34H20Cl2N8. The second-order valence-electron chi connectivity index (χ2n) is 10.1. The largest absolute Gasteiger partial charge is 0.244 e. The molecule has 0 unspecified atom stereocenters. The highest BCUT2D eigenvalue weighted by Gasteiger charge is 2.24. The van der Waals surface area contributed by atoms with Gasteiger partial charge in [-0.15, -0.1) is 10.2 Å². The van der Waals surface area contributed by atoms with Gasteiger partial charge in [0.25, 0.3) is 0 Å². The van der Waals surface area contributed by atoms with Gasteiger partial charge in [0.05, 0.1) is 22.4 Å². The van der Waals surface area contributed by atoms with Crippen LogP contribution in [0.15, 0.2) is 121 Å². The monoisotopic (exact) mass is 610 g/mol. The fourth-order valence-electron chi connectivity index (χ4n) is 5.04. The Morgan fingerprint density at radius 1 is 0.409 bits per heavy atom. The molecule has 0 N–H and O–H groups in total. The first kappa shape index (κ1) is 26.2. The number of pyridine rings is 2. The van der Waals surface area contributed by atoms with Crippen molar-refractivity contribution >= 4 is 45.0 Å². The number of nitrogens with zero attached hydrogens (tertiary/aromatic N) is 8. The van der Waals surface area contributed by atoms with Gasteiger partial charge in [0.2, 0.25) is 23.3 Å². The van der Waals surface area contributed by atoms with Crippen LogP contribution in [0.5, 0.6) is 0 Å². The molecule has 210 valence electrons. The summed E-state index contributed by atoms with van der Waals surface area (Å²) in [5.74, 6) is 1.81. The molecular weight excluding hydrogens is 591 g/mol. The normalized spacial score (nSPS) is 11.4. The summed E-state index contributed by atoms with van der Waals surface area (Å²) in [4.78, 5) is 19.7. The third-order valence-corrected chi connectivity index (χ3v) is 7.72. The Kier molecular flexibility index (Phi) is 6.36. The van der Waals surface area contributed by atoms with Gasteiger partial charge in [-0.1, -0.05) is 71.7 Å². The van der Waals surface area contributed by atoms with Gasteiger partial charge in [-0.25, -0.2) is 29.3 Å². The molecule has 0 radical (unpaired) electrons. The van der Waals surface area contributed by atoms with Crippen molar-refractivity contribution in [1.82, 2.24) is 39.5 Å². The topological polar surface area (TPSA) is 87.2 Å². The molecule has 0 saturated heterocycles. The molecule has 0 aliphatic carbocycles. The van der Waals surface area contributed by atoms with Gasteiger partial charge in [-0.2, -0.15) is 0 Å². The molecule has 44 heavy (non-hydrogen) atoms. The summed E-state index contributed by atoms with van der Waals surface area (Å²) >= 11 is 12.5. The summed E-state index contributed by atoms with van der Waals surface area (Å²) in [5.41, 5.74) is 4.46. The van der Waals surface area contributed by atoms with Gasteiger partial charge in [0, 0.05) is 20.8 Å². The molecule has 0 atom stereocenters. The molecule has 4 aromatic heterocycles. The predicted molar refractivity (Wildman–Crippen MR) is 173 cm³/mol. The second kappa shape index (κ2) is 10.7. The maximum atomic E-state index is 6.24. The van der Waals surface area contributed by atoms with E-state index in [1.165, 1.54) is 0 Å². The lowest BCUT2D eigenvalue weighted by Gasteiger charge is -2.08. The summed E-state index contributed by atoms with van der Waals surface area (Å²) < 4.78 is 3.47. The molecule has 0 aliphatic rings. The number of benzene rings is 4. The number of hydrogen-bond donors (Lipinski definition) is 0. The number of halogens is 2. The lowest BCUT2D eigenvalue weighted by molar-refractivity contribution is 0.843. The van der Waals surface area contributed by atoms with Crippen LogP contribution in [0.25, 0.3) is 67.9 Å². The summed E-state index contributed by atoms with van der Waals surface area (Å²) in [6, 6.07) is 38.5. The molecule has 0 fully saturated rings. The van der Waals surface area contributed by atoms with Gasteiger partial charge >= 0.3 is 0 Å². The van der Waals surface area contributed by atoms with Crippen molar-refractivity contribution in [3.05, 3.63) is 131 Å². The molecule has 0 spiro atoms. The number of hydrogen-bond acceptors (Lipinski definition) is 6. The molecule has 4 aromatic carbocycles. The maximum Gasteiger partial charge on any atom is 0.201 e. The van der Waals surface area contributed by atoms with E-state index < -0.39 is 0 Å². The molecule has 0 amide bonds. The van der Waals surface area contributed by atoms with Crippen molar-refractivity contribution < 1.29 is 0 Å². The highest BCUT2D eigenvalue weighted by Crippen LogP contribution is 2.30. The van der Waals surface area contributed by atoms with E-state index in [-0.39, 0.29) is 0 Å². The van der Waals surface area contributed by atoms with E-state index in [1.807, 2.05) is 121 Å². The SMILES string of the molecule is Clc1ccc(-n2nc(-c3ccc4ccccc4n3)nc2-c2nc(-c3ccc4ccccc4n3)nn2-c2ccc(Cl)cc2)cc1. The predicted octanol–water partition coefficient (Wildman–Crippen LogP) is 8.25. The van der Waals surface area contributed by atoms with Crippen LogP contribution >= 0.6 is 23.2 Å². The van der Waals surface area contributed by atoms with E-state index in [0.717, 1.165) is 33.2 Å². The second-order valence-corrected chi connectivity index (χ2v) is 10.9. The fraction of sp³-hybridized carbons (Fsp3) is 0. The highest BCUT2D eigenvalue weighted by atomic mass is 35.5. The van der Waals surface area contributed by atoms with E-state index in [9.17, 15) is 0 Å². The number of fused-ring (bicyclic) bond motifs is 2. The van der Waals surface area contributed by atoms with Gasteiger partial charge in [0.15, 0.2) is 0 Å². The van der Waals surface area contributed by atoms with E-state index in [2.05, 4.69) is 0 Å². The van der Waals surface area contributed by atoms with E-state index in [4.69, 9.17) is 53.3 Å². The molecule has 0 saturated carbocycles. The lowest BCUT2D eigenvalue weighted by Crippen LogP contribution is -2.05. The first-order valence-corrected chi connectivity index (χ1v) is 14.5. The zero-order chi connectivity index (χ0) is 29.6. The quantitative estimate of drug-likeness (QED) is 0.195. The van der Waals surface area contributed by atoms with Crippen LogP contribution in [-0.2, 0) is 0 Å². The first-order valence-electron chi connectivity index (χ1n) is 13.8. The minimum absolute atomic E-state index is 0.441. The van der Waals surface area contributed by atoms with Crippen LogP contribution in [0, 0.1) is 0 Å². The number of para-hydroxylation sites is 2. The molecule has 8 aromatic rings. The molecule has 10 heteroatoms. The average Bonchev–Trinajstić information content (AvgIpc) is 3.71. The van der Waals surface area contributed by atoms with Crippen LogP contribution in [-0.4, -0.2) is 39.5 Å². The van der Waals surface area contributed by atoms with Crippen molar-refractivity contribution in [2.45, 2.75) is 0 Å². The Bertz CT molecular complexity index is 2140. The summed E-state index contributed by atoms with van der Waals surface area (Å²) in [7, 11) is 0. The number of aromatic nitrogens is 8. The molecule has 4 heterocycles. The van der Waals surface area contributed by atoms with Crippen LogP contribution in [0.4, 0.5) is 0 Å². The maximum absolute atomic E-state index is 6.24. The molecule has 8 nitrogen and oxygen atoms in total. The summed E-state index contributed by atoms with van der Waals surface area (Å²) in [5, 5.41) is 13.1. The van der Waals surface area contributed by atoms with Crippen molar-refractivity contribution in [3.8, 4) is 46.1 Å². The minimum Gasteiger partial charge on any atom is -0.244 e. The Hall–Kier alpha value is -5.44. The van der Waals surface area contributed by atoms with Crippen LogP contribution in [0.2, 0.25) is 10.0 Å². The van der Waals surface area contributed by atoms with Crippen molar-refractivity contribution in [2.75, 3.05) is 0 Å². The van der Waals surface area contributed by atoms with E-state index >= 15 is 0 Å².